The second-order valence-electron chi connectivity index (χ2n) is 4.11. The third kappa shape index (κ3) is 3.76. The van der Waals surface area contributed by atoms with Gasteiger partial charge in [-0.15, -0.1) is 0 Å². The minimum absolute atomic E-state index is 0.217. The van der Waals surface area contributed by atoms with Crippen molar-refractivity contribution in [2.45, 2.75) is 32.7 Å². The van der Waals surface area contributed by atoms with Crippen molar-refractivity contribution >= 4 is 0 Å². The van der Waals surface area contributed by atoms with Crippen molar-refractivity contribution in [1.29, 1.82) is 5.26 Å². The van der Waals surface area contributed by atoms with Crippen LogP contribution in [-0.2, 0) is 0 Å². The van der Waals surface area contributed by atoms with E-state index in [0.29, 0.717) is 0 Å². The van der Waals surface area contributed by atoms with E-state index in [4.69, 9.17) is 0 Å². The van der Waals surface area contributed by atoms with Gasteiger partial charge in [0, 0.05) is 0 Å². The Bertz CT molecular complexity index is 384. The molecule has 17 heavy (non-hydrogen) atoms. The Morgan fingerprint density at radius 1 is 1.41 bits per heavy atom. The SMILES string of the molecule is CCCCN(CC)C(C#N)c1cccc(O)c1. The molecule has 0 bridgehead atoms. The predicted molar refractivity (Wildman–Crippen MR) is 68.6 cm³/mol. The van der Waals surface area contributed by atoms with Crippen LogP contribution in [-0.4, -0.2) is 23.1 Å². The van der Waals surface area contributed by atoms with Crippen LogP contribution in [0.15, 0.2) is 24.3 Å². The molecule has 0 spiro atoms. The fourth-order valence-corrected chi connectivity index (χ4v) is 1.89. The highest BCUT2D eigenvalue weighted by Crippen LogP contribution is 2.23. The van der Waals surface area contributed by atoms with Gasteiger partial charge >= 0.3 is 0 Å². The number of benzene rings is 1. The Morgan fingerprint density at radius 3 is 2.71 bits per heavy atom. The summed E-state index contributed by atoms with van der Waals surface area (Å²) in [6.45, 7) is 5.96. The van der Waals surface area contributed by atoms with Crippen LogP contribution in [0.25, 0.3) is 0 Å². The fourth-order valence-electron chi connectivity index (χ4n) is 1.89. The van der Waals surface area contributed by atoms with Gasteiger partial charge in [0.05, 0.1) is 6.07 Å². The maximum absolute atomic E-state index is 9.46. The summed E-state index contributed by atoms with van der Waals surface area (Å²) in [5, 5.41) is 18.8. The lowest BCUT2D eigenvalue weighted by Gasteiger charge is -2.25. The van der Waals surface area contributed by atoms with Gasteiger partial charge in [-0.1, -0.05) is 32.4 Å². The minimum atomic E-state index is -0.265. The van der Waals surface area contributed by atoms with E-state index in [9.17, 15) is 10.4 Å². The number of rotatable bonds is 6. The Kier molecular flexibility index (Phi) is 5.51. The summed E-state index contributed by atoms with van der Waals surface area (Å²) in [5.41, 5.74) is 0.866. The molecule has 1 aromatic rings. The second-order valence-corrected chi connectivity index (χ2v) is 4.11. The average Bonchev–Trinajstić information content (AvgIpc) is 2.34. The third-order valence-corrected chi connectivity index (χ3v) is 2.88. The molecule has 3 nitrogen and oxygen atoms in total. The Labute approximate surface area is 103 Å². The molecule has 0 aliphatic heterocycles. The van der Waals surface area contributed by atoms with Gasteiger partial charge in [0.2, 0.25) is 0 Å². The van der Waals surface area contributed by atoms with Crippen LogP contribution in [0.5, 0.6) is 5.75 Å². The summed E-state index contributed by atoms with van der Waals surface area (Å²) in [6, 6.07) is 9.02. The first-order valence-corrected chi connectivity index (χ1v) is 6.15. The first-order chi connectivity index (χ1) is 8.22. The number of phenols is 1. The van der Waals surface area contributed by atoms with E-state index in [-0.39, 0.29) is 11.8 Å². The summed E-state index contributed by atoms with van der Waals surface area (Å²) < 4.78 is 0. The molecule has 1 unspecified atom stereocenters. The molecule has 0 radical (unpaired) electrons. The van der Waals surface area contributed by atoms with E-state index in [0.717, 1.165) is 31.5 Å². The second kappa shape index (κ2) is 6.93. The van der Waals surface area contributed by atoms with Crippen molar-refractivity contribution < 1.29 is 5.11 Å². The monoisotopic (exact) mass is 232 g/mol. The summed E-state index contributed by atoms with van der Waals surface area (Å²) in [5.74, 6) is 0.217. The van der Waals surface area contributed by atoms with Crippen molar-refractivity contribution in [3.05, 3.63) is 29.8 Å². The largest absolute Gasteiger partial charge is 0.508 e. The van der Waals surface area contributed by atoms with Gasteiger partial charge in [0.1, 0.15) is 11.8 Å². The van der Waals surface area contributed by atoms with E-state index in [1.54, 1.807) is 18.2 Å². The number of nitriles is 1. The van der Waals surface area contributed by atoms with E-state index in [1.807, 2.05) is 6.07 Å². The molecule has 0 saturated heterocycles. The van der Waals surface area contributed by atoms with Gasteiger partial charge in [-0.05, 0) is 37.2 Å². The van der Waals surface area contributed by atoms with Crippen molar-refractivity contribution in [3.8, 4) is 11.8 Å². The van der Waals surface area contributed by atoms with E-state index in [2.05, 4.69) is 24.8 Å². The highest BCUT2D eigenvalue weighted by Gasteiger charge is 2.18. The van der Waals surface area contributed by atoms with Gasteiger partial charge in [0.25, 0.3) is 0 Å². The van der Waals surface area contributed by atoms with Crippen molar-refractivity contribution in [1.82, 2.24) is 4.90 Å². The summed E-state index contributed by atoms with van der Waals surface area (Å²) in [7, 11) is 0. The Balaban J connectivity index is 2.86. The molecular weight excluding hydrogens is 212 g/mol. The molecule has 0 fully saturated rings. The zero-order chi connectivity index (χ0) is 12.7. The first kappa shape index (κ1) is 13.5. The van der Waals surface area contributed by atoms with E-state index in [1.165, 1.54) is 0 Å². The smallest absolute Gasteiger partial charge is 0.123 e. The van der Waals surface area contributed by atoms with Crippen molar-refractivity contribution in [2.24, 2.45) is 0 Å². The third-order valence-electron chi connectivity index (χ3n) is 2.88. The van der Waals surface area contributed by atoms with Gasteiger partial charge in [-0.3, -0.25) is 4.90 Å². The lowest BCUT2D eigenvalue weighted by Crippen LogP contribution is -2.28. The lowest BCUT2D eigenvalue weighted by molar-refractivity contribution is 0.244. The molecule has 0 saturated carbocycles. The number of hydrogen-bond donors (Lipinski definition) is 1. The Morgan fingerprint density at radius 2 is 2.18 bits per heavy atom. The topological polar surface area (TPSA) is 47.3 Å². The fraction of sp³-hybridized carbons (Fsp3) is 0.500. The normalized spacial score (nSPS) is 12.4. The zero-order valence-corrected chi connectivity index (χ0v) is 10.6. The highest BCUT2D eigenvalue weighted by molar-refractivity contribution is 5.32. The van der Waals surface area contributed by atoms with Crippen LogP contribution < -0.4 is 0 Å². The maximum atomic E-state index is 9.46. The van der Waals surface area contributed by atoms with Crippen LogP contribution in [0, 0.1) is 11.3 Å². The number of aromatic hydroxyl groups is 1. The van der Waals surface area contributed by atoms with Gasteiger partial charge < -0.3 is 5.11 Å². The molecule has 1 N–H and O–H groups in total. The standard InChI is InChI=1S/C14H20N2O/c1-3-5-9-16(4-2)14(11-15)12-7-6-8-13(17)10-12/h6-8,10,14,17H,3-5,9H2,1-2H3. The molecule has 1 aromatic carbocycles. The number of phenolic OH excluding ortho intramolecular Hbond substituents is 1. The van der Waals surface area contributed by atoms with Gasteiger partial charge in [-0.2, -0.15) is 5.26 Å². The molecule has 1 atom stereocenters. The van der Waals surface area contributed by atoms with Gasteiger partial charge in [-0.25, -0.2) is 0 Å². The molecule has 1 rings (SSSR count). The van der Waals surface area contributed by atoms with E-state index >= 15 is 0 Å². The van der Waals surface area contributed by atoms with Crippen LogP contribution in [0.1, 0.15) is 38.3 Å². The molecule has 0 amide bonds. The van der Waals surface area contributed by atoms with Crippen molar-refractivity contribution in [3.63, 3.8) is 0 Å². The quantitative estimate of drug-likeness (QED) is 0.820. The predicted octanol–water partition coefficient (Wildman–Crippen LogP) is 3.08. The van der Waals surface area contributed by atoms with Crippen LogP contribution in [0.4, 0.5) is 0 Å². The maximum Gasteiger partial charge on any atom is 0.123 e. The minimum Gasteiger partial charge on any atom is -0.508 e. The van der Waals surface area contributed by atoms with Crippen molar-refractivity contribution in [2.75, 3.05) is 13.1 Å². The Hall–Kier alpha value is -1.53. The lowest BCUT2D eigenvalue weighted by atomic mass is 10.1. The summed E-state index contributed by atoms with van der Waals surface area (Å²) >= 11 is 0. The van der Waals surface area contributed by atoms with Crippen LogP contribution >= 0.6 is 0 Å². The molecule has 0 aromatic heterocycles. The molecule has 92 valence electrons. The van der Waals surface area contributed by atoms with Gasteiger partial charge in [0.15, 0.2) is 0 Å². The number of nitrogens with zero attached hydrogens (tertiary/aromatic N) is 2. The summed E-state index contributed by atoms with van der Waals surface area (Å²) in [6.07, 6.45) is 2.21. The molecular formula is C14H20N2O. The molecule has 3 heteroatoms. The average molecular weight is 232 g/mol. The molecule has 0 aliphatic rings. The first-order valence-electron chi connectivity index (χ1n) is 6.15. The number of hydrogen-bond acceptors (Lipinski definition) is 3. The molecule has 0 heterocycles. The zero-order valence-electron chi connectivity index (χ0n) is 10.6. The number of unbranched alkanes of at least 4 members (excludes halogenated alkanes) is 1. The van der Waals surface area contributed by atoms with Crippen LogP contribution in [0.2, 0.25) is 0 Å². The molecule has 0 aliphatic carbocycles. The van der Waals surface area contributed by atoms with Crippen LogP contribution in [0.3, 0.4) is 0 Å². The summed E-state index contributed by atoms with van der Waals surface area (Å²) in [4.78, 5) is 2.14. The highest BCUT2D eigenvalue weighted by atomic mass is 16.3. The van der Waals surface area contributed by atoms with E-state index < -0.39 is 0 Å².